The number of hydrogen-bond acceptors (Lipinski definition) is 3. The molecule has 0 radical (unpaired) electrons. The number of rotatable bonds is 7. The molecule has 0 saturated heterocycles. The van der Waals surface area contributed by atoms with Crippen LogP contribution in [0.5, 0.6) is 0 Å². The van der Waals surface area contributed by atoms with Crippen LogP contribution in [0.3, 0.4) is 0 Å². The number of aromatic nitrogens is 3. The summed E-state index contributed by atoms with van der Waals surface area (Å²) in [6.07, 6.45) is 3.64. The number of nitrogens with one attached hydrogen (secondary N) is 1. The zero-order valence-electron chi connectivity index (χ0n) is 12.9. The van der Waals surface area contributed by atoms with E-state index in [1.807, 2.05) is 4.68 Å². The van der Waals surface area contributed by atoms with Crippen molar-refractivity contribution in [3.05, 3.63) is 45.6 Å². The van der Waals surface area contributed by atoms with Crippen LogP contribution in [-0.4, -0.2) is 21.3 Å². The van der Waals surface area contributed by atoms with Crippen molar-refractivity contribution in [1.82, 2.24) is 20.1 Å². The number of halogens is 1. The maximum Gasteiger partial charge on any atom is 0.138 e. The topological polar surface area (TPSA) is 42.7 Å². The van der Waals surface area contributed by atoms with Crippen LogP contribution < -0.4 is 5.32 Å². The molecule has 0 saturated carbocycles. The average molecular weight is 398 g/mol. The van der Waals surface area contributed by atoms with Gasteiger partial charge in [0.05, 0.1) is 0 Å². The van der Waals surface area contributed by atoms with Crippen molar-refractivity contribution in [2.75, 3.05) is 6.54 Å². The molecule has 5 heteroatoms. The molecule has 114 valence electrons. The Labute approximate surface area is 140 Å². The van der Waals surface area contributed by atoms with Gasteiger partial charge in [-0.2, -0.15) is 5.10 Å². The standard InChI is InChI=1S/C16H23IN4/c1-4-9-18-15(13-7-5-6-8-14(13)17)10-16-19-11-20-21(16)12(2)3/h5-8,11-12,15,18H,4,9-10H2,1-3H3. The molecule has 0 spiro atoms. The highest BCUT2D eigenvalue weighted by Gasteiger charge is 2.18. The van der Waals surface area contributed by atoms with E-state index in [1.165, 1.54) is 9.13 Å². The number of benzene rings is 1. The fourth-order valence-electron chi connectivity index (χ4n) is 2.40. The number of nitrogens with zero attached hydrogens (tertiary/aromatic N) is 3. The molecule has 0 fully saturated rings. The lowest BCUT2D eigenvalue weighted by atomic mass is 10.0. The Kier molecular flexibility index (Phi) is 6.17. The molecule has 21 heavy (non-hydrogen) atoms. The first-order chi connectivity index (χ1) is 10.1. The Bertz CT molecular complexity index is 565. The van der Waals surface area contributed by atoms with Crippen molar-refractivity contribution in [1.29, 1.82) is 0 Å². The smallest absolute Gasteiger partial charge is 0.138 e. The summed E-state index contributed by atoms with van der Waals surface area (Å²) in [5, 5.41) is 7.99. The Morgan fingerprint density at radius 3 is 2.71 bits per heavy atom. The maximum absolute atomic E-state index is 4.45. The third kappa shape index (κ3) is 4.26. The third-order valence-electron chi connectivity index (χ3n) is 3.44. The summed E-state index contributed by atoms with van der Waals surface area (Å²) in [4.78, 5) is 4.45. The van der Waals surface area contributed by atoms with Gasteiger partial charge in [0.2, 0.25) is 0 Å². The van der Waals surface area contributed by atoms with E-state index >= 15 is 0 Å². The van der Waals surface area contributed by atoms with Gasteiger partial charge >= 0.3 is 0 Å². The molecule has 0 aliphatic heterocycles. The van der Waals surface area contributed by atoms with Crippen LogP contribution in [0.4, 0.5) is 0 Å². The lowest BCUT2D eigenvalue weighted by Gasteiger charge is -2.21. The lowest BCUT2D eigenvalue weighted by Crippen LogP contribution is -2.26. The van der Waals surface area contributed by atoms with Crippen molar-refractivity contribution in [3.8, 4) is 0 Å². The SMILES string of the molecule is CCCNC(Cc1ncnn1C(C)C)c1ccccc1I. The van der Waals surface area contributed by atoms with Crippen molar-refractivity contribution in [2.24, 2.45) is 0 Å². The Balaban J connectivity index is 2.24. The minimum Gasteiger partial charge on any atom is -0.310 e. The molecular formula is C16H23IN4. The van der Waals surface area contributed by atoms with Gasteiger partial charge in [0, 0.05) is 22.1 Å². The molecule has 0 aliphatic rings. The maximum atomic E-state index is 4.45. The summed E-state index contributed by atoms with van der Waals surface area (Å²) >= 11 is 2.41. The highest BCUT2D eigenvalue weighted by atomic mass is 127. The van der Waals surface area contributed by atoms with E-state index in [1.54, 1.807) is 6.33 Å². The van der Waals surface area contributed by atoms with Gasteiger partial charge in [-0.05, 0) is 61.0 Å². The number of hydrogen-bond donors (Lipinski definition) is 1. The summed E-state index contributed by atoms with van der Waals surface area (Å²) in [6, 6.07) is 9.16. The van der Waals surface area contributed by atoms with Gasteiger partial charge in [-0.3, -0.25) is 0 Å². The second-order valence-corrected chi connectivity index (χ2v) is 6.61. The highest BCUT2D eigenvalue weighted by molar-refractivity contribution is 14.1. The molecule has 2 aromatic rings. The molecule has 1 unspecified atom stereocenters. The molecule has 0 amide bonds. The average Bonchev–Trinajstić information content (AvgIpc) is 2.92. The van der Waals surface area contributed by atoms with E-state index in [-0.39, 0.29) is 6.04 Å². The van der Waals surface area contributed by atoms with Crippen molar-refractivity contribution < 1.29 is 0 Å². The Hall–Kier alpha value is -0.950. The Morgan fingerprint density at radius 1 is 1.29 bits per heavy atom. The van der Waals surface area contributed by atoms with Crippen LogP contribution in [-0.2, 0) is 6.42 Å². The van der Waals surface area contributed by atoms with Crippen LogP contribution in [0.25, 0.3) is 0 Å². The lowest BCUT2D eigenvalue weighted by molar-refractivity contribution is 0.462. The van der Waals surface area contributed by atoms with Gasteiger partial charge in [0.15, 0.2) is 0 Å². The van der Waals surface area contributed by atoms with Crippen LogP contribution in [0.1, 0.15) is 50.7 Å². The first-order valence-corrected chi connectivity index (χ1v) is 8.57. The second-order valence-electron chi connectivity index (χ2n) is 5.45. The monoisotopic (exact) mass is 398 g/mol. The van der Waals surface area contributed by atoms with Gasteiger partial charge < -0.3 is 5.32 Å². The van der Waals surface area contributed by atoms with E-state index in [9.17, 15) is 0 Å². The second kappa shape index (κ2) is 7.89. The van der Waals surface area contributed by atoms with Gasteiger partial charge in [-0.1, -0.05) is 25.1 Å². The first kappa shape index (κ1) is 16.4. The molecule has 4 nitrogen and oxygen atoms in total. The van der Waals surface area contributed by atoms with E-state index in [0.29, 0.717) is 6.04 Å². The van der Waals surface area contributed by atoms with Crippen molar-refractivity contribution >= 4 is 22.6 Å². The molecule has 1 heterocycles. The van der Waals surface area contributed by atoms with E-state index in [0.717, 1.165) is 25.2 Å². The van der Waals surface area contributed by atoms with E-state index in [4.69, 9.17) is 0 Å². The summed E-state index contributed by atoms with van der Waals surface area (Å²) in [5.41, 5.74) is 1.34. The fourth-order valence-corrected chi connectivity index (χ4v) is 3.17. The zero-order chi connectivity index (χ0) is 15.2. The normalized spacial score (nSPS) is 12.8. The predicted octanol–water partition coefficient (Wildman–Crippen LogP) is 3.75. The molecule has 2 rings (SSSR count). The summed E-state index contributed by atoms with van der Waals surface area (Å²) in [5.74, 6) is 1.04. The summed E-state index contributed by atoms with van der Waals surface area (Å²) < 4.78 is 3.30. The molecule has 1 atom stereocenters. The van der Waals surface area contributed by atoms with Gasteiger partial charge in [-0.15, -0.1) is 0 Å². The molecule has 1 aromatic carbocycles. The van der Waals surface area contributed by atoms with Crippen LogP contribution in [0.2, 0.25) is 0 Å². The van der Waals surface area contributed by atoms with Gasteiger partial charge in [-0.25, -0.2) is 9.67 Å². The minimum atomic E-state index is 0.278. The minimum absolute atomic E-state index is 0.278. The van der Waals surface area contributed by atoms with Gasteiger partial charge in [0.1, 0.15) is 12.2 Å². The predicted molar refractivity (Wildman–Crippen MR) is 94.3 cm³/mol. The van der Waals surface area contributed by atoms with Gasteiger partial charge in [0.25, 0.3) is 0 Å². The van der Waals surface area contributed by atoms with E-state index < -0.39 is 0 Å². The Morgan fingerprint density at radius 2 is 2.05 bits per heavy atom. The van der Waals surface area contributed by atoms with Crippen LogP contribution >= 0.6 is 22.6 Å². The molecule has 1 aromatic heterocycles. The largest absolute Gasteiger partial charge is 0.310 e. The first-order valence-electron chi connectivity index (χ1n) is 7.49. The quantitative estimate of drug-likeness (QED) is 0.723. The zero-order valence-corrected chi connectivity index (χ0v) is 15.0. The highest BCUT2D eigenvalue weighted by Crippen LogP contribution is 2.23. The molecule has 1 N–H and O–H groups in total. The summed E-state index contributed by atoms with van der Waals surface area (Å²) in [7, 11) is 0. The van der Waals surface area contributed by atoms with Crippen molar-refractivity contribution in [2.45, 2.75) is 45.7 Å². The molecule has 0 bridgehead atoms. The third-order valence-corrected chi connectivity index (χ3v) is 4.43. The van der Waals surface area contributed by atoms with Crippen LogP contribution in [0.15, 0.2) is 30.6 Å². The molecular weight excluding hydrogens is 375 g/mol. The van der Waals surface area contributed by atoms with E-state index in [2.05, 4.69) is 83.0 Å². The molecule has 0 aliphatic carbocycles. The fraction of sp³-hybridized carbons (Fsp3) is 0.500. The van der Waals surface area contributed by atoms with Crippen LogP contribution in [0, 0.1) is 3.57 Å². The van der Waals surface area contributed by atoms with Crippen molar-refractivity contribution in [3.63, 3.8) is 0 Å². The summed E-state index contributed by atoms with van der Waals surface area (Å²) in [6.45, 7) is 7.47.